The average molecular weight is 239 g/mol. The Labute approximate surface area is 87.5 Å². The molecule has 5 nitrogen and oxygen atoms in total. The first-order chi connectivity index (χ1) is 6.99. The Hall–Kier alpha value is -1.50. The van der Waals surface area contributed by atoms with Crippen molar-refractivity contribution in [1.82, 2.24) is 4.98 Å². The first-order valence-electron chi connectivity index (χ1n) is 3.68. The second-order valence-electron chi connectivity index (χ2n) is 2.55. The SMILES string of the molecule is O=[N+]([O-])c1c(C(F)F)cnc(CCl)c1O. The number of halogens is 3. The zero-order valence-corrected chi connectivity index (χ0v) is 7.91. The lowest BCUT2D eigenvalue weighted by Gasteiger charge is -2.05. The minimum atomic E-state index is -3.08. The molecule has 0 aliphatic rings. The summed E-state index contributed by atoms with van der Waals surface area (Å²) in [5.74, 6) is -1.20. The first kappa shape index (κ1) is 11.6. The molecule has 82 valence electrons. The third kappa shape index (κ3) is 2.12. The van der Waals surface area contributed by atoms with E-state index in [1.165, 1.54) is 0 Å². The van der Waals surface area contributed by atoms with Crippen molar-refractivity contribution in [3.05, 3.63) is 27.6 Å². The average Bonchev–Trinajstić information content (AvgIpc) is 2.16. The van der Waals surface area contributed by atoms with Gasteiger partial charge in [0.25, 0.3) is 6.43 Å². The van der Waals surface area contributed by atoms with Crippen LogP contribution in [0.1, 0.15) is 17.7 Å². The molecule has 1 aromatic rings. The van der Waals surface area contributed by atoms with Gasteiger partial charge in [-0.05, 0) is 0 Å². The molecule has 1 rings (SSSR count). The van der Waals surface area contributed by atoms with Gasteiger partial charge in [0.2, 0.25) is 5.75 Å². The second kappa shape index (κ2) is 4.35. The van der Waals surface area contributed by atoms with Crippen LogP contribution < -0.4 is 0 Å². The maximum Gasteiger partial charge on any atom is 0.323 e. The highest BCUT2D eigenvalue weighted by Crippen LogP contribution is 2.37. The summed E-state index contributed by atoms with van der Waals surface area (Å²) in [5, 5.41) is 19.7. The Bertz CT molecular complexity index is 400. The summed E-state index contributed by atoms with van der Waals surface area (Å²) >= 11 is 5.31. The Morgan fingerprint density at radius 2 is 2.27 bits per heavy atom. The van der Waals surface area contributed by atoms with Crippen molar-refractivity contribution < 1.29 is 18.8 Å². The molecule has 8 heteroatoms. The largest absolute Gasteiger partial charge is 0.501 e. The maximum atomic E-state index is 12.3. The Balaban J connectivity index is 3.44. The molecule has 0 unspecified atom stereocenters. The number of alkyl halides is 3. The Kier molecular flexibility index (Phi) is 3.35. The Morgan fingerprint density at radius 1 is 1.67 bits per heavy atom. The molecule has 0 fully saturated rings. The van der Waals surface area contributed by atoms with Crippen molar-refractivity contribution in [3.63, 3.8) is 0 Å². The van der Waals surface area contributed by atoms with Crippen molar-refractivity contribution in [2.45, 2.75) is 12.3 Å². The molecule has 0 bridgehead atoms. The summed E-state index contributed by atoms with van der Waals surface area (Å²) in [6, 6.07) is 0. The summed E-state index contributed by atoms with van der Waals surface area (Å²) in [6.45, 7) is 0. The van der Waals surface area contributed by atoms with Gasteiger partial charge in [-0.25, -0.2) is 8.78 Å². The van der Waals surface area contributed by atoms with Crippen LogP contribution in [-0.4, -0.2) is 15.0 Å². The molecule has 0 aromatic carbocycles. The van der Waals surface area contributed by atoms with Crippen LogP contribution >= 0.6 is 11.6 Å². The van der Waals surface area contributed by atoms with E-state index in [0.29, 0.717) is 6.20 Å². The fourth-order valence-corrected chi connectivity index (χ4v) is 1.19. The van der Waals surface area contributed by atoms with Gasteiger partial charge in [0.1, 0.15) is 11.3 Å². The molecule has 1 N–H and O–H groups in total. The molecule has 0 radical (unpaired) electrons. The third-order valence-electron chi connectivity index (χ3n) is 1.67. The van der Waals surface area contributed by atoms with Crippen LogP contribution in [-0.2, 0) is 5.88 Å². The van der Waals surface area contributed by atoms with Gasteiger partial charge < -0.3 is 5.11 Å². The third-order valence-corrected chi connectivity index (χ3v) is 1.93. The summed E-state index contributed by atoms with van der Waals surface area (Å²) in [5.41, 5.74) is -2.17. The highest BCUT2D eigenvalue weighted by atomic mass is 35.5. The lowest BCUT2D eigenvalue weighted by molar-refractivity contribution is -0.387. The summed E-state index contributed by atoms with van der Waals surface area (Å²) < 4.78 is 24.6. The fourth-order valence-electron chi connectivity index (χ4n) is 0.993. The Morgan fingerprint density at radius 3 is 2.67 bits per heavy atom. The zero-order valence-electron chi connectivity index (χ0n) is 7.15. The smallest absolute Gasteiger partial charge is 0.323 e. The molecule has 0 amide bonds. The van der Waals surface area contributed by atoms with Gasteiger partial charge in [-0.3, -0.25) is 15.1 Å². The number of rotatable bonds is 3. The van der Waals surface area contributed by atoms with Crippen molar-refractivity contribution in [3.8, 4) is 5.75 Å². The minimum absolute atomic E-state index is 0.201. The van der Waals surface area contributed by atoms with Crippen LogP contribution in [0.4, 0.5) is 14.5 Å². The summed E-state index contributed by atoms with van der Waals surface area (Å²) in [6.07, 6.45) is -2.44. The quantitative estimate of drug-likeness (QED) is 0.498. The van der Waals surface area contributed by atoms with Gasteiger partial charge in [0.15, 0.2) is 0 Å². The lowest BCUT2D eigenvalue weighted by Crippen LogP contribution is -2.00. The van der Waals surface area contributed by atoms with E-state index in [0.717, 1.165) is 0 Å². The summed E-state index contributed by atoms with van der Waals surface area (Å²) in [4.78, 5) is 12.8. The van der Waals surface area contributed by atoms with E-state index >= 15 is 0 Å². The molecular formula is C7H5ClF2N2O3. The van der Waals surface area contributed by atoms with E-state index in [2.05, 4.69) is 4.98 Å². The topological polar surface area (TPSA) is 76.3 Å². The van der Waals surface area contributed by atoms with E-state index in [1.807, 2.05) is 0 Å². The monoisotopic (exact) mass is 238 g/mol. The van der Waals surface area contributed by atoms with E-state index in [1.54, 1.807) is 0 Å². The number of hydrogen-bond donors (Lipinski definition) is 1. The van der Waals surface area contributed by atoms with Gasteiger partial charge in [-0.1, -0.05) is 0 Å². The number of aromatic hydroxyl groups is 1. The highest BCUT2D eigenvalue weighted by Gasteiger charge is 2.28. The van der Waals surface area contributed by atoms with Gasteiger partial charge in [0, 0.05) is 6.20 Å². The second-order valence-corrected chi connectivity index (χ2v) is 2.82. The number of aromatic nitrogens is 1. The molecular weight excluding hydrogens is 234 g/mol. The predicted molar refractivity (Wildman–Crippen MR) is 47.1 cm³/mol. The highest BCUT2D eigenvalue weighted by molar-refractivity contribution is 6.17. The van der Waals surface area contributed by atoms with Gasteiger partial charge in [0.05, 0.1) is 10.8 Å². The normalized spacial score (nSPS) is 10.7. The molecule has 0 aliphatic carbocycles. The fraction of sp³-hybridized carbons (Fsp3) is 0.286. The first-order valence-corrected chi connectivity index (χ1v) is 4.21. The van der Waals surface area contributed by atoms with Gasteiger partial charge >= 0.3 is 5.69 Å². The minimum Gasteiger partial charge on any atom is -0.501 e. The molecule has 0 saturated heterocycles. The molecule has 1 heterocycles. The van der Waals surface area contributed by atoms with E-state index in [4.69, 9.17) is 11.6 Å². The van der Waals surface area contributed by atoms with Crippen molar-refractivity contribution in [1.29, 1.82) is 0 Å². The molecule has 0 saturated carbocycles. The molecule has 0 aliphatic heterocycles. The maximum absolute atomic E-state index is 12.3. The van der Waals surface area contributed by atoms with E-state index in [-0.39, 0.29) is 11.6 Å². The predicted octanol–water partition coefficient (Wildman–Crippen LogP) is 2.37. The number of nitro groups is 1. The number of nitrogens with zero attached hydrogens (tertiary/aromatic N) is 2. The van der Waals surface area contributed by atoms with Crippen LogP contribution in [0.2, 0.25) is 0 Å². The van der Waals surface area contributed by atoms with Gasteiger partial charge in [-0.15, -0.1) is 11.6 Å². The molecule has 15 heavy (non-hydrogen) atoms. The zero-order chi connectivity index (χ0) is 11.6. The standard InChI is InChI=1S/C7H5ClF2N2O3/c8-1-4-6(13)5(12(14)15)3(2-11-4)7(9)10/h2,7,13H,1H2. The lowest BCUT2D eigenvalue weighted by atomic mass is 10.2. The van der Waals surface area contributed by atoms with Crippen molar-refractivity contribution >= 4 is 17.3 Å². The van der Waals surface area contributed by atoms with Crippen LogP contribution in [0, 0.1) is 10.1 Å². The number of hydrogen-bond acceptors (Lipinski definition) is 4. The van der Waals surface area contributed by atoms with Crippen LogP contribution in [0.25, 0.3) is 0 Å². The van der Waals surface area contributed by atoms with Crippen LogP contribution in [0.15, 0.2) is 6.20 Å². The van der Waals surface area contributed by atoms with Gasteiger partial charge in [-0.2, -0.15) is 0 Å². The van der Waals surface area contributed by atoms with Crippen LogP contribution in [0.3, 0.4) is 0 Å². The summed E-state index contributed by atoms with van der Waals surface area (Å²) in [7, 11) is 0. The van der Waals surface area contributed by atoms with Crippen LogP contribution in [0.5, 0.6) is 5.75 Å². The number of pyridine rings is 1. The molecule has 1 aromatic heterocycles. The van der Waals surface area contributed by atoms with Crippen molar-refractivity contribution in [2.75, 3.05) is 0 Å². The van der Waals surface area contributed by atoms with E-state index < -0.39 is 28.3 Å². The van der Waals surface area contributed by atoms with E-state index in [9.17, 15) is 24.0 Å². The van der Waals surface area contributed by atoms with Crippen molar-refractivity contribution in [2.24, 2.45) is 0 Å². The molecule has 0 spiro atoms. The molecule has 0 atom stereocenters.